The summed E-state index contributed by atoms with van der Waals surface area (Å²) in [6.45, 7) is 5.55. The van der Waals surface area contributed by atoms with Gasteiger partial charge in [0.15, 0.2) is 5.82 Å². The molecule has 0 unspecified atom stereocenters. The highest BCUT2D eigenvalue weighted by Crippen LogP contribution is 2.42. The maximum absolute atomic E-state index is 4.41. The van der Waals surface area contributed by atoms with Gasteiger partial charge in [-0.05, 0) is 67.1 Å². The van der Waals surface area contributed by atoms with Crippen molar-refractivity contribution in [2.75, 3.05) is 18.4 Å². The van der Waals surface area contributed by atoms with Crippen LogP contribution in [0, 0.1) is 0 Å². The summed E-state index contributed by atoms with van der Waals surface area (Å²) >= 11 is 1.69. The van der Waals surface area contributed by atoms with Crippen LogP contribution >= 0.6 is 11.8 Å². The average Bonchev–Trinajstić information content (AvgIpc) is 2.78. The zero-order valence-electron chi connectivity index (χ0n) is 16.8. The van der Waals surface area contributed by atoms with E-state index in [0.717, 1.165) is 42.6 Å². The van der Waals surface area contributed by atoms with E-state index < -0.39 is 0 Å². The second-order valence-corrected chi connectivity index (χ2v) is 8.94. The van der Waals surface area contributed by atoms with Crippen molar-refractivity contribution < 1.29 is 0 Å². The summed E-state index contributed by atoms with van der Waals surface area (Å²) in [6.07, 6.45) is 7.09. The summed E-state index contributed by atoms with van der Waals surface area (Å²) in [4.78, 5) is 12.6. The number of hydrogen-bond donors (Lipinski definition) is 1. The lowest BCUT2D eigenvalue weighted by atomic mass is 9.88. The Morgan fingerprint density at radius 3 is 2.55 bits per heavy atom. The first-order chi connectivity index (χ1) is 14.3. The molecular formula is C24H26N4S. The summed E-state index contributed by atoms with van der Waals surface area (Å²) in [5.74, 6) is 1.56. The molecule has 3 heterocycles. The lowest BCUT2D eigenvalue weighted by Gasteiger charge is -2.32. The number of hydrogen-bond acceptors (Lipinski definition) is 5. The van der Waals surface area contributed by atoms with E-state index in [2.05, 4.69) is 69.6 Å². The van der Waals surface area contributed by atoms with Crippen molar-refractivity contribution in [2.24, 2.45) is 0 Å². The van der Waals surface area contributed by atoms with E-state index >= 15 is 0 Å². The monoisotopic (exact) mass is 402 g/mol. The minimum Gasteiger partial charge on any atom is -0.337 e. The summed E-state index contributed by atoms with van der Waals surface area (Å²) in [5.41, 5.74) is 5.44. The number of rotatable bonds is 4. The van der Waals surface area contributed by atoms with Crippen LogP contribution in [0.25, 0.3) is 0 Å². The number of aromatic nitrogens is 2. The predicted molar refractivity (Wildman–Crippen MR) is 119 cm³/mol. The first-order valence-corrected chi connectivity index (χ1v) is 11.3. The molecule has 0 aliphatic carbocycles. The third kappa shape index (κ3) is 4.02. The van der Waals surface area contributed by atoms with Crippen molar-refractivity contribution in [3.8, 4) is 0 Å². The zero-order chi connectivity index (χ0) is 19.6. The number of fused-ring (bicyclic) bond motifs is 2. The summed E-state index contributed by atoms with van der Waals surface area (Å²) in [5, 5.41) is 4.39. The minimum absolute atomic E-state index is 0.703. The van der Waals surface area contributed by atoms with Gasteiger partial charge in [0, 0.05) is 23.8 Å². The highest BCUT2D eigenvalue weighted by molar-refractivity contribution is 7.99. The van der Waals surface area contributed by atoms with Crippen LogP contribution in [0.2, 0.25) is 0 Å². The molecule has 1 aromatic heterocycles. The second kappa shape index (κ2) is 8.17. The highest BCUT2D eigenvalue weighted by atomic mass is 32.2. The fraction of sp³-hybridized carbons (Fsp3) is 0.333. The van der Waals surface area contributed by atoms with E-state index in [1.807, 2.05) is 0 Å². The number of aryl methyl sites for hydroxylation is 1. The Labute approximate surface area is 176 Å². The van der Waals surface area contributed by atoms with E-state index in [1.165, 1.54) is 34.4 Å². The predicted octanol–water partition coefficient (Wildman–Crippen LogP) is 5.63. The number of piperidine rings is 1. The largest absolute Gasteiger partial charge is 0.337 e. The molecule has 2 aromatic carbocycles. The van der Waals surface area contributed by atoms with Gasteiger partial charge >= 0.3 is 0 Å². The molecule has 0 atom stereocenters. The van der Waals surface area contributed by atoms with Crippen LogP contribution in [0.15, 0.2) is 64.8 Å². The molecule has 0 spiro atoms. The van der Waals surface area contributed by atoms with Gasteiger partial charge < -0.3 is 5.32 Å². The SMILES string of the molecule is CCc1ccc(C2CCN(Cc3ccc4c(c3)Nc3nccnc3S4)CC2)cc1. The second-order valence-electron chi connectivity index (χ2n) is 7.91. The van der Waals surface area contributed by atoms with Crippen LogP contribution in [0.4, 0.5) is 11.5 Å². The molecule has 1 fully saturated rings. The molecule has 5 heteroatoms. The molecule has 2 aliphatic heterocycles. The van der Waals surface area contributed by atoms with Gasteiger partial charge in [0.1, 0.15) is 5.03 Å². The third-order valence-corrected chi connectivity index (χ3v) is 7.09. The molecule has 5 rings (SSSR count). The quantitative estimate of drug-likeness (QED) is 0.479. The number of benzene rings is 2. The van der Waals surface area contributed by atoms with Crippen molar-refractivity contribution in [3.05, 3.63) is 71.5 Å². The van der Waals surface area contributed by atoms with Crippen LogP contribution in [0.5, 0.6) is 0 Å². The van der Waals surface area contributed by atoms with Crippen LogP contribution in [0.1, 0.15) is 42.4 Å². The van der Waals surface area contributed by atoms with Gasteiger partial charge in [0.2, 0.25) is 0 Å². The molecule has 0 radical (unpaired) electrons. The maximum Gasteiger partial charge on any atom is 0.163 e. The summed E-state index contributed by atoms with van der Waals surface area (Å²) in [7, 11) is 0. The molecule has 29 heavy (non-hydrogen) atoms. The Kier molecular flexibility index (Phi) is 5.25. The molecule has 1 saturated heterocycles. The standard InChI is InChI=1S/C24H26N4S/c1-2-17-3-6-19(7-4-17)20-9-13-28(14-10-20)16-18-5-8-22-21(15-18)27-23-24(29-22)26-12-11-25-23/h3-8,11-12,15,20H,2,9-10,13-14,16H2,1H3,(H,25,27). The minimum atomic E-state index is 0.703. The topological polar surface area (TPSA) is 41.0 Å². The van der Waals surface area contributed by atoms with Crippen LogP contribution < -0.4 is 5.32 Å². The van der Waals surface area contributed by atoms with E-state index in [0.29, 0.717) is 5.92 Å². The van der Waals surface area contributed by atoms with Gasteiger partial charge in [0.25, 0.3) is 0 Å². The summed E-state index contributed by atoms with van der Waals surface area (Å²) in [6, 6.07) is 16.0. The van der Waals surface area contributed by atoms with E-state index in [9.17, 15) is 0 Å². The first kappa shape index (κ1) is 18.6. The number of nitrogens with one attached hydrogen (secondary N) is 1. The Morgan fingerprint density at radius 1 is 1.00 bits per heavy atom. The smallest absolute Gasteiger partial charge is 0.163 e. The van der Waals surface area contributed by atoms with E-state index in [1.54, 1.807) is 24.2 Å². The normalized spacial score (nSPS) is 16.7. The molecule has 0 bridgehead atoms. The third-order valence-electron chi connectivity index (χ3n) is 6.02. The van der Waals surface area contributed by atoms with Crippen molar-refractivity contribution in [3.63, 3.8) is 0 Å². The number of nitrogens with zero attached hydrogens (tertiary/aromatic N) is 3. The molecule has 2 aliphatic rings. The lowest BCUT2D eigenvalue weighted by Crippen LogP contribution is -2.32. The Bertz CT molecular complexity index is 994. The molecule has 4 nitrogen and oxygen atoms in total. The molecule has 148 valence electrons. The van der Waals surface area contributed by atoms with Crippen LogP contribution in [0.3, 0.4) is 0 Å². The van der Waals surface area contributed by atoms with Gasteiger partial charge in [-0.1, -0.05) is 49.0 Å². The van der Waals surface area contributed by atoms with E-state index in [-0.39, 0.29) is 0 Å². The number of likely N-dealkylation sites (tertiary alicyclic amines) is 1. The van der Waals surface area contributed by atoms with Crippen molar-refractivity contribution in [2.45, 2.75) is 48.6 Å². The summed E-state index contributed by atoms with van der Waals surface area (Å²) < 4.78 is 0. The van der Waals surface area contributed by atoms with Gasteiger partial charge in [-0.15, -0.1) is 0 Å². The zero-order valence-corrected chi connectivity index (χ0v) is 17.6. The fourth-order valence-electron chi connectivity index (χ4n) is 4.29. The Balaban J connectivity index is 1.21. The maximum atomic E-state index is 4.41. The first-order valence-electron chi connectivity index (χ1n) is 10.5. The molecule has 0 amide bonds. The van der Waals surface area contributed by atoms with Crippen molar-refractivity contribution in [1.82, 2.24) is 14.9 Å². The van der Waals surface area contributed by atoms with Crippen molar-refractivity contribution >= 4 is 23.3 Å². The van der Waals surface area contributed by atoms with Gasteiger partial charge in [-0.2, -0.15) is 0 Å². The van der Waals surface area contributed by atoms with E-state index in [4.69, 9.17) is 0 Å². The van der Waals surface area contributed by atoms with Gasteiger partial charge in [0.05, 0.1) is 5.69 Å². The highest BCUT2D eigenvalue weighted by Gasteiger charge is 2.22. The molecule has 0 saturated carbocycles. The number of anilines is 2. The van der Waals surface area contributed by atoms with Crippen LogP contribution in [-0.4, -0.2) is 28.0 Å². The van der Waals surface area contributed by atoms with Crippen LogP contribution in [-0.2, 0) is 13.0 Å². The fourth-order valence-corrected chi connectivity index (χ4v) is 5.17. The Morgan fingerprint density at radius 2 is 1.76 bits per heavy atom. The molecule has 3 aromatic rings. The average molecular weight is 403 g/mol. The Hall–Kier alpha value is -2.37. The van der Waals surface area contributed by atoms with Gasteiger partial charge in [-0.3, -0.25) is 4.90 Å². The van der Waals surface area contributed by atoms with Gasteiger partial charge in [-0.25, -0.2) is 9.97 Å². The molecular weight excluding hydrogens is 376 g/mol. The lowest BCUT2D eigenvalue weighted by molar-refractivity contribution is 0.204. The van der Waals surface area contributed by atoms with Crippen molar-refractivity contribution in [1.29, 1.82) is 0 Å². The molecule has 1 N–H and O–H groups in total.